The first-order chi connectivity index (χ1) is 10.1. The molecule has 112 valence electrons. The van der Waals surface area contributed by atoms with Crippen LogP contribution in [0.15, 0.2) is 24.3 Å². The maximum atomic E-state index is 4.71. The first-order valence-electron chi connectivity index (χ1n) is 7.48. The fourth-order valence-corrected chi connectivity index (χ4v) is 2.26. The predicted molar refractivity (Wildman–Crippen MR) is 89.6 cm³/mol. The summed E-state index contributed by atoms with van der Waals surface area (Å²) in [5.41, 5.74) is 3.47. The number of rotatable bonds is 5. The number of hydrogen-bond donors (Lipinski definition) is 1. The van der Waals surface area contributed by atoms with Gasteiger partial charge in [-0.1, -0.05) is 24.6 Å². The lowest BCUT2D eigenvalue weighted by Gasteiger charge is -2.22. The molecule has 0 bridgehead atoms. The van der Waals surface area contributed by atoms with E-state index in [1.165, 1.54) is 5.56 Å². The summed E-state index contributed by atoms with van der Waals surface area (Å²) < 4.78 is 0. The molecule has 0 unspecified atom stereocenters. The van der Waals surface area contributed by atoms with Gasteiger partial charge in [-0.3, -0.25) is 0 Å². The summed E-state index contributed by atoms with van der Waals surface area (Å²) in [6.07, 6.45) is 0.827. The van der Waals surface area contributed by atoms with Crippen LogP contribution < -0.4 is 10.2 Å². The summed E-state index contributed by atoms with van der Waals surface area (Å²) in [4.78, 5) is 11.4. The van der Waals surface area contributed by atoms with E-state index in [-0.39, 0.29) is 0 Å². The molecule has 0 aliphatic rings. The van der Waals surface area contributed by atoms with Crippen LogP contribution >= 0.6 is 0 Å². The van der Waals surface area contributed by atoms with Crippen LogP contribution in [0.25, 0.3) is 0 Å². The van der Waals surface area contributed by atoms with E-state index >= 15 is 0 Å². The fourth-order valence-electron chi connectivity index (χ4n) is 2.26. The molecule has 0 spiro atoms. The van der Waals surface area contributed by atoms with Crippen molar-refractivity contribution in [2.24, 2.45) is 0 Å². The minimum Gasteiger partial charge on any atom is -0.370 e. The monoisotopic (exact) mass is 284 g/mol. The number of aryl methyl sites for hydroxylation is 2. The summed E-state index contributed by atoms with van der Waals surface area (Å²) in [5, 5.41) is 3.33. The lowest BCUT2D eigenvalue weighted by atomic mass is 10.2. The van der Waals surface area contributed by atoms with E-state index in [0.717, 1.165) is 41.7 Å². The van der Waals surface area contributed by atoms with E-state index in [9.17, 15) is 0 Å². The molecule has 4 heteroatoms. The molecule has 0 saturated heterocycles. The molecule has 0 radical (unpaired) electrons. The molecule has 0 saturated carbocycles. The summed E-state index contributed by atoms with van der Waals surface area (Å²) in [6, 6.07) is 8.48. The SMILES string of the molecule is CCNc1nc(CC)nc(N(C)c2ccc(C)cc2)c1C. The Bertz CT molecular complexity index is 605. The highest BCUT2D eigenvalue weighted by molar-refractivity contribution is 5.67. The van der Waals surface area contributed by atoms with Gasteiger partial charge in [-0.25, -0.2) is 9.97 Å². The van der Waals surface area contributed by atoms with Crippen LogP contribution in [-0.4, -0.2) is 23.6 Å². The number of aromatic nitrogens is 2. The maximum absolute atomic E-state index is 4.71. The van der Waals surface area contributed by atoms with Crippen molar-refractivity contribution in [3.05, 3.63) is 41.2 Å². The molecule has 0 amide bonds. The second-order valence-electron chi connectivity index (χ2n) is 5.22. The minimum absolute atomic E-state index is 0.827. The van der Waals surface area contributed by atoms with Crippen molar-refractivity contribution >= 4 is 17.3 Å². The van der Waals surface area contributed by atoms with E-state index in [1.807, 2.05) is 0 Å². The summed E-state index contributed by atoms with van der Waals surface area (Å²) in [7, 11) is 2.05. The minimum atomic E-state index is 0.827. The molecule has 1 aromatic heterocycles. The Morgan fingerprint density at radius 3 is 2.29 bits per heavy atom. The highest BCUT2D eigenvalue weighted by Crippen LogP contribution is 2.28. The van der Waals surface area contributed by atoms with Gasteiger partial charge in [0.05, 0.1) is 0 Å². The highest BCUT2D eigenvalue weighted by Gasteiger charge is 2.14. The number of hydrogen-bond acceptors (Lipinski definition) is 4. The Morgan fingerprint density at radius 2 is 1.71 bits per heavy atom. The molecule has 1 heterocycles. The second-order valence-corrected chi connectivity index (χ2v) is 5.22. The molecule has 4 nitrogen and oxygen atoms in total. The highest BCUT2D eigenvalue weighted by atomic mass is 15.2. The standard InChI is InChI=1S/C17H24N4/c1-6-15-19-16(18-7-2)13(4)17(20-15)21(5)14-10-8-12(3)9-11-14/h8-11H,6-7H2,1-5H3,(H,18,19,20). The smallest absolute Gasteiger partial charge is 0.141 e. The normalized spacial score (nSPS) is 10.5. The van der Waals surface area contributed by atoms with Gasteiger partial charge in [0.25, 0.3) is 0 Å². The molecular weight excluding hydrogens is 260 g/mol. The Labute approximate surface area is 127 Å². The average Bonchev–Trinajstić information content (AvgIpc) is 2.49. The Kier molecular flexibility index (Phi) is 4.78. The summed E-state index contributed by atoms with van der Waals surface area (Å²) in [6.45, 7) is 9.18. The topological polar surface area (TPSA) is 41.1 Å². The molecule has 0 atom stereocenters. The van der Waals surface area contributed by atoms with Crippen LogP contribution in [0.2, 0.25) is 0 Å². The van der Waals surface area contributed by atoms with Crippen molar-refractivity contribution in [1.82, 2.24) is 9.97 Å². The van der Waals surface area contributed by atoms with E-state index in [1.54, 1.807) is 0 Å². The van der Waals surface area contributed by atoms with Crippen molar-refractivity contribution < 1.29 is 0 Å². The van der Waals surface area contributed by atoms with Crippen molar-refractivity contribution in [1.29, 1.82) is 0 Å². The van der Waals surface area contributed by atoms with Gasteiger partial charge in [0.2, 0.25) is 0 Å². The van der Waals surface area contributed by atoms with Gasteiger partial charge < -0.3 is 10.2 Å². The van der Waals surface area contributed by atoms with Gasteiger partial charge in [-0.2, -0.15) is 0 Å². The first kappa shape index (κ1) is 15.3. The molecule has 0 aliphatic carbocycles. The van der Waals surface area contributed by atoms with Gasteiger partial charge >= 0.3 is 0 Å². The van der Waals surface area contributed by atoms with Crippen LogP contribution in [-0.2, 0) is 6.42 Å². The summed E-state index contributed by atoms with van der Waals surface area (Å²) >= 11 is 0. The number of nitrogens with zero attached hydrogens (tertiary/aromatic N) is 3. The lowest BCUT2D eigenvalue weighted by molar-refractivity contribution is 0.912. The Hall–Kier alpha value is -2.10. The van der Waals surface area contributed by atoms with E-state index in [2.05, 4.69) is 74.2 Å². The molecule has 21 heavy (non-hydrogen) atoms. The zero-order chi connectivity index (χ0) is 15.4. The number of nitrogens with one attached hydrogen (secondary N) is 1. The Balaban J connectivity index is 2.46. The first-order valence-corrected chi connectivity index (χ1v) is 7.48. The van der Waals surface area contributed by atoms with Crippen molar-refractivity contribution in [2.45, 2.75) is 34.1 Å². The maximum Gasteiger partial charge on any atom is 0.141 e. The van der Waals surface area contributed by atoms with Gasteiger partial charge in [0.15, 0.2) is 0 Å². The summed E-state index contributed by atoms with van der Waals surface area (Å²) in [5.74, 6) is 2.76. The zero-order valence-corrected chi connectivity index (χ0v) is 13.6. The number of benzene rings is 1. The van der Waals surface area contributed by atoms with Crippen molar-refractivity contribution in [2.75, 3.05) is 23.8 Å². The molecule has 2 aromatic rings. The van der Waals surface area contributed by atoms with Gasteiger partial charge in [-0.15, -0.1) is 0 Å². The average molecular weight is 284 g/mol. The third-order valence-corrected chi connectivity index (χ3v) is 3.57. The number of anilines is 3. The molecule has 1 aromatic carbocycles. The van der Waals surface area contributed by atoms with E-state index < -0.39 is 0 Å². The van der Waals surface area contributed by atoms with Gasteiger partial charge in [-0.05, 0) is 32.9 Å². The third-order valence-electron chi connectivity index (χ3n) is 3.57. The van der Waals surface area contributed by atoms with E-state index in [0.29, 0.717) is 0 Å². The van der Waals surface area contributed by atoms with Crippen LogP contribution in [0.5, 0.6) is 0 Å². The lowest BCUT2D eigenvalue weighted by Crippen LogP contribution is -2.16. The second kappa shape index (κ2) is 6.57. The molecule has 1 N–H and O–H groups in total. The third kappa shape index (κ3) is 3.32. The van der Waals surface area contributed by atoms with Crippen LogP contribution in [0, 0.1) is 13.8 Å². The quantitative estimate of drug-likeness (QED) is 0.905. The van der Waals surface area contributed by atoms with E-state index in [4.69, 9.17) is 4.98 Å². The molecule has 0 fully saturated rings. The predicted octanol–water partition coefficient (Wildman–Crippen LogP) is 3.86. The van der Waals surface area contributed by atoms with Crippen molar-refractivity contribution in [3.63, 3.8) is 0 Å². The van der Waals surface area contributed by atoms with Crippen LogP contribution in [0.3, 0.4) is 0 Å². The zero-order valence-electron chi connectivity index (χ0n) is 13.6. The van der Waals surface area contributed by atoms with Gasteiger partial charge in [0.1, 0.15) is 17.5 Å². The van der Waals surface area contributed by atoms with Crippen molar-refractivity contribution in [3.8, 4) is 0 Å². The molecular formula is C17H24N4. The van der Waals surface area contributed by atoms with Crippen LogP contribution in [0.4, 0.5) is 17.3 Å². The molecule has 0 aliphatic heterocycles. The molecule has 2 rings (SSSR count). The largest absolute Gasteiger partial charge is 0.370 e. The Morgan fingerprint density at radius 1 is 1.05 bits per heavy atom. The van der Waals surface area contributed by atoms with Crippen LogP contribution in [0.1, 0.15) is 30.8 Å². The van der Waals surface area contributed by atoms with Gasteiger partial charge in [0, 0.05) is 31.3 Å². The fraction of sp³-hybridized carbons (Fsp3) is 0.412.